The summed E-state index contributed by atoms with van der Waals surface area (Å²) >= 11 is 0. The molecule has 2 aliphatic carbocycles. The van der Waals surface area contributed by atoms with Gasteiger partial charge in [0, 0.05) is 18.9 Å². The number of hydrogen-bond donors (Lipinski definition) is 2. The molecule has 1 aliphatic heterocycles. The Morgan fingerprint density at radius 1 is 1.07 bits per heavy atom. The third-order valence-corrected chi connectivity index (χ3v) is 6.76. The van der Waals surface area contributed by atoms with Crippen LogP contribution in [-0.2, 0) is 18.4 Å². The van der Waals surface area contributed by atoms with E-state index < -0.39 is 0 Å². The van der Waals surface area contributed by atoms with Gasteiger partial charge in [0.25, 0.3) is 5.56 Å². The van der Waals surface area contributed by atoms with E-state index >= 15 is 0 Å². The van der Waals surface area contributed by atoms with Gasteiger partial charge in [0.2, 0.25) is 0 Å². The number of fused-ring (bicyclic) bond motifs is 1. The molecule has 0 radical (unpaired) electrons. The van der Waals surface area contributed by atoms with Crippen molar-refractivity contribution in [3.63, 3.8) is 0 Å². The molecule has 3 aliphatic rings. The molecule has 0 aromatic carbocycles. The number of rotatable bonds is 3. The molecule has 142 valence electrons. The molecule has 2 aromatic heterocycles. The Labute approximate surface area is 160 Å². The quantitative estimate of drug-likeness (QED) is 0.876. The van der Waals surface area contributed by atoms with Crippen molar-refractivity contribution in [3.8, 4) is 0 Å². The number of nitrogens with one attached hydrogen (secondary N) is 2. The highest BCUT2D eigenvalue weighted by atomic mass is 16.1. The summed E-state index contributed by atoms with van der Waals surface area (Å²) in [6.45, 7) is 1.58. The Kier molecular flexibility index (Phi) is 4.35. The Bertz CT molecular complexity index is 893. The van der Waals surface area contributed by atoms with Gasteiger partial charge in [0.15, 0.2) is 0 Å². The van der Waals surface area contributed by atoms with Crippen molar-refractivity contribution in [2.24, 2.45) is 0 Å². The molecule has 5 heteroatoms. The summed E-state index contributed by atoms with van der Waals surface area (Å²) in [6, 6.07) is 2.35. The summed E-state index contributed by atoms with van der Waals surface area (Å²) in [5, 5.41) is 3.32. The van der Waals surface area contributed by atoms with E-state index in [1.807, 2.05) is 6.20 Å². The van der Waals surface area contributed by atoms with E-state index in [4.69, 9.17) is 4.98 Å². The van der Waals surface area contributed by atoms with Crippen LogP contribution in [0.15, 0.2) is 23.3 Å². The van der Waals surface area contributed by atoms with Crippen LogP contribution in [0.3, 0.4) is 0 Å². The topological polar surface area (TPSA) is 70.7 Å². The van der Waals surface area contributed by atoms with Gasteiger partial charge in [-0.15, -0.1) is 0 Å². The molecule has 2 fully saturated rings. The maximum Gasteiger partial charge on any atom is 0.255 e. The van der Waals surface area contributed by atoms with Gasteiger partial charge in [-0.1, -0.05) is 25.3 Å². The molecule has 0 bridgehead atoms. The predicted octanol–water partition coefficient (Wildman–Crippen LogP) is 3.33. The van der Waals surface area contributed by atoms with Crippen LogP contribution in [0, 0.1) is 0 Å². The lowest BCUT2D eigenvalue weighted by atomic mass is 9.83. The van der Waals surface area contributed by atoms with Gasteiger partial charge in [-0.2, -0.15) is 0 Å². The maximum atomic E-state index is 12.7. The lowest BCUT2D eigenvalue weighted by molar-refractivity contribution is 0.442. The molecule has 0 saturated heterocycles. The average Bonchev–Trinajstić information content (AvgIpc) is 3.53. The van der Waals surface area contributed by atoms with Gasteiger partial charge >= 0.3 is 0 Å². The Balaban J connectivity index is 1.51. The molecule has 27 heavy (non-hydrogen) atoms. The summed E-state index contributed by atoms with van der Waals surface area (Å²) in [4.78, 5) is 25.4. The van der Waals surface area contributed by atoms with E-state index in [2.05, 4.69) is 27.5 Å². The van der Waals surface area contributed by atoms with E-state index in [0.717, 1.165) is 49.3 Å². The van der Waals surface area contributed by atoms with Crippen molar-refractivity contribution >= 4 is 0 Å². The van der Waals surface area contributed by atoms with Crippen LogP contribution in [0.5, 0.6) is 0 Å². The highest BCUT2D eigenvalue weighted by molar-refractivity contribution is 5.41. The molecule has 5 rings (SSSR count). The minimum Gasteiger partial charge on any atom is -0.312 e. The maximum absolute atomic E-state index is 12.7. The van der Waals surface area contributed by atoms with Crippen LogP contribution in [0.4, 0.5) is 0 Å². The normalized spacial score (nSPS) is 22.1. The second-order valence-corrected chi connectivity index (χ2v) is 8.54. The van der Waals surface area contributed by atoms with Crippen LogP contribution in [-0.4, -0.2) is 21.5 Å². The molecule has 0 spiro atoms. The molecule has 2 N–H and O–H groups in total. The highest BCUT2D eigenvalue weighted by Crippen LogP contribution is 2.52. The van der Waals surface area contributed by atoms with Crippen molar-refractivity contribution in [1.29, 1.82) is 0 Å². The lowest BCUT2D eigenvalue weighted by Crippen LogP contribution is -2.27. The number of aryl methyl sites for hydroxylation is 1. The summed E-state index contributed by atoms with van der Waals surface area (Å²) < 4.78 is 0. The molecule has 3 heterocycles. The van der Waals surface area contributed by atoms with E-state index in [1.54, 1.807) is 0 Å². The molecule has 2 saturated carbocycles. The second kappa shape index (κ2) is 6.86. The summed E-state index contributed by atoms with van der Waals surface area (Å²) in [5.41, 5.74) is 4.32. The first-order chi connectivity index (χ1) is 13.3. The molecular weight excluding hydrogens is 336 g/mol. The summed E-state index contributed by atoms with van der Waals surface area (Å²) in [6.07, 6.45) is 14.6. The largest absolute Gasteiger partial charge is 0.312 e. The first-order valence-corrected chi connectivity index (χ1v) is 10.5. The zero-order chi connectivity index (χ0) is 18.3. The van der Waals surface area contributed by atoms with Crippen molar-refractivity contribution in [3.05, 3.63) is 57.0 Å². The molecule has 5 nitrogen and oxygen atoms in total. The number of aromatic nitrogens is 3. The fraction of sp³-hybridized carbons (Fsp3) is 0.591. The van der Waals surface area contributed by atoms with Crippen LogP contribution < -0.4 is 10.9 Å². The first kappa shape index (κ1) is 17.1. The van der Waals surface area contributed by atoms with Gasteiger partial charge in [-0.3, -0.25) is 9.78 Å². The number of nitrogens with zero attached hydrogens (tertiary/aromatic N) is 2. The van der Waals surface area contributed by atoms with E-state index in [1.165, 1.54) is 43.2 Å². The first-order valence-electron chi connectivity index (χ1n) is 10.5. The van der Waals surface area contributed by atoms with Crippen LogP contribution >= 0.6 is 0 Å². The zero-order valence-corrected chi connectivity index (χ0v) is 15.9. The van der Waals surface area contributed by atoms with Crippen molar-refractivity contribution < 1.29 is 0 Å². The van der Waals surface area contributed by atoms with Crippen molar-refractivity contribution in [2.45, 2.75) is 75.7 Å². The summed E-state index contributed by atoms with van der Waals surface area (Å²) in [5.74, 6) is 1.50. The molecular formula is C22H28N4O. The number of hydrogen-bond acceptors (Lipinski definition) is 4. The number of aromatic amines is 1. The van der Waals surface area contributed by atoms with Crippen molar-refractivity contribution in [1.82, 2.24) is 20.3 Å². The van der Waals surface area contributed by atoms with Crippen molar-refractivity contribution in [2.75, 3.05) is 6.54 Å². The fourth-order valence-electron chi connectivity index (χ4n) is 4.92. The van der Waals surface area contributed by atoms with Crippen LogP contribution in [0.2, 0.25) is 0 Å². The van der Waals surface area contributed by atoms with E-state index in [-0.39, 0.29) is 11.0 Å². The summed E-state index contributed by atoms with van der Waals surface area (Å²) in [7, 11) is 0. The van der Waals surface area contributed by atoms with Gasteiger partial charge < -0.3 is 10.3 Å². The second-order valence-electron chi connectivity index (χ2n) is 8.54. The van der Waals surface area contributed by atoms with Crippen LogP contribution in [0.25, 0.3) is 0 Å². The monoisotopic (exact) mass is 364 g/mol. The standard InChI is InChI=1S/C22H28N4O/c27-20-18-14-23-10-4-7-19(18)25-21(26-20)22(8-9-22)17-11-16(12-24-13-17)15-5-2-1-3-6-15/h11-13,15,23H,1-10,14H2,(H,25,26,27). The highest BCUT2D eigenvalue weighted by Gasteiger charge is 2.49. The minimum absolute atomic E-state index is 0.0343. The van der Waals surface area contributed by atoms with E-state index in [9.17, 15) is 4.79 Å². The average molecular weight is 364 g/mol. The Hall–Kier alpha value is -2.01. The third-order valence-electron chi connectivity index (χ3n) is 6.76. The predicted molar refractivity (Wildman–Crippen MR) is 105 cm³/mol. The lowest BCUT2D eigenvalue weighted by Gasteiger charge is -2.23. The van der Waals surface area contributed by atoms with Gasteiger partial charge in [-0.05, 0) is 62.1 Å². The Morgan fingerprint density at radius 2 is 1.93 bits per heavy atom. The Morgan fingerprint density at radius 3 is 2.74 bits per heavy atom. The van der Waals surface area contributed by atoms with Gasteiger partial charge in [0.05, 0.1) is 16.7 Å². The smallest absolute Gasteiger partial charge is 0.255 e. The molecule has 0 unspecified atom stereocenters. The number of pyridine rings is 1. The SMILES string of the molecule is O=c1[nH]c(C2(c3cncc(C4CCCCC4)c3)CC2)nc2c1CNCCC2. The molecule has 0 atom stereocenters. The van der Waals surface area contributed by atoms with Gasteiger partial charge in [0.1, 0.15) is 5.82 Å². The fourth-order valence-corrected chi connectivity index (χ4v) is 4.92. The van der Waals surface area contributed by atoms with Gasteiger partial charge in [-0.25, -0.2) is 4.98 Å². The molecule has 2 aromatic rings. The number of H-pyrrole nitrogens is 1. The minimum atomic E-state index is -0.133. The van der Waals surface area contributed by atoms with Crippen LogP contribution in [0.1, 0.15) is 85.5 Å². The molecule has 0 amide bonds. The van der Waals surface area contributed by atoms with E-state index in [0.29, 0.717) is 12.5 Å². The third kappa shape index (κ3) is 3.12. The zero-order valence-electron chi connectivity index (χ0n) is 15.9.